The van der Waals surface area contributed by atoms with Crippen LogP contribution in [0, 0.1) is 11.3 Å². The number of pyridine rings is 1. The molecular weight excluding hydrogens is 268 g/mol. The van der Waals surface area contributed by atoms with E-state index in [1.165, 1.54) is 0 Å². The summed E-state index contributed by atoms with van der Waals surface area (Å²) in [5, 5.41) is 11.8. The Balaban J connectivity index is 1.80. The number of nitrogens with zero attached hydrogens (tertiary/aromatic N) is 3. The number of carbonyl (C=O) groups is 1. The van der Waals surface area contributed by atoms with Gasteiger partial charge in [-0.25, -0.2) is 4.98 Å². The zero-order valence-electron chi connectivity index (χ0n) is 12.2. The molecule has 0 atom stereocenters. The van der Waals surface area contributed by atoms with Crippen LogP contribution in [-0.4, -0.2) is 43.7 Å². The SMILES string of the molecule is COCCC(=O)NC1CCN(c2ccc(C#N)cn2)CC1. The standard InChI is InChI=1S/C15H20N4O2/c1-21-9-6-15(20)18-13-4-7-19(8-5-13)14-3-2-12(10-16)11-17-14/h2-3,11,13H,4-9H2,1H3,(H,18,20). The Kier molecular flexibility index (Phi) is 5.52. The first kappa shape index (κ1) is 15.3. The van der Waals surface area contributed by atoms with E-state index in [9.17, 15) is 4.79 Å². The molecule has 1 N–H and O–H groups in total. The summed E-state index contributed by atoms with van der Waals surface area (Å²) in [6, 6.07) is 5.94. The van der Waals surface area contributed by atoms with Gasteiger partial charge >= 0.3 is 0 Å². The van der Waals surface area contributed by atoms with E-state index in [0.29, 0.717) is 18.6 Å². The van der Waals surface area contributed by atoms with Gasteiger partial charge in [0.1, 0.15) is 11.9 Å². The van der Waals surface area contributed by atoms with Crippen LogP contribution in [-0.2, 0) is 9.53 Å². The number of rotatable bonds is 5. The topological polar surface area (TPSA) is 78.2 Å². The highest BCUT2D eigenvalue weighted by atomic mass is 16.5. The van der Waals surface area contributed by atoms with Crippen molar-refractivity contribution in [3.8, 4) is 6.07 Å². The van der Waals surface area contributed by atoms with Gasteiger partial charge < -0.3 is 15.0 Å². The van der Waals surface area contributed by atoms with Gasteiger partial charge in [0.15, 0.2) is 0 Å². The van der Waals surface area contributed by atoms with E-state index in [4.69, 9.17) is 10.00 Å². The Bertz CT molecular complexity index is 501. The highest BCUT2D eigenvalue weighted by Gasteiger charge is 2.21. The fraction of sp³-hybridized carbons (Fsp3) is 0.533. The van der Waals surface area contributed by atoms with Gasteiger partial charge in [0.05, 0.1) is 12.2 Å². The van der Waals surface area contributed by atoms with Gasteiger partial charge in [-0.1, -0.05) is 0 Å². The number of nitrogens with one attached hydrogen (secondary N) is 1. The Morgan fingerprint density at radius 1 is 1.52 bits per heavy atom. The maximum absolute atomic E-state index is 11.6. The Morgan fingerprint density at radius 2 is 2.29 bits per heavy atom. The second-order valence-electron chi connectivity index (χ2n) is 5.09. The zero-order valence-corrected chi connectivity index (χ0v) is 12.2. The molecule has 0 saturated carbocycles. The Morgan fingerprint density at radius 3 is 2.86 bits per heavy atom. The van der Waals surface area contributed by atoms with Gasteiger partial charge in [-0.15, -0.1) is 0 Å². The minimum atomic E-state index is 0.0480. The van der Waals surface area contributed by atoms with Crippen molar-refractivity contribution >= 4 is 11.7 Å². The van der Waals surface area contributed by atoms with Crippen molar-refractivity contribution < 1.29 is 9.53 Å². The second-order valence-corrected chi connectivity index (χ2v) is 5.09. The summed E-state index contributed by atoms with van der Waals surface area (Å²) in [5.41, 5.74) is 0.569. The molecule has 1 aliphatic heterocycles. The van der Waals surface area contributed by atoms with E-state index in [2.05, 4.69) is 21.3 Å². The van der Waals surface area contributed by atoms with Crippen LogP contribution < -0.4 is 10.2 Å². The molecule has 1 saturated heterocycles. The number of hydrogen-bond acceptors (Lipinski definition) is 5. The molecular formula is C15H20N4O2. The molecule has 112 valence electrons. The molecule has 1 amide bonds. The summed E-state index contributed by atoms with van der Waals surface area (Å²) in [7, 11) is 1.59. The summed E-state index contributed by atoms with van der Waals surface area (Å²) in [4.78, 5) is 18.1. The van der Waals surface area contributed by atoms with Crippen molar-refractivity contribution in [2.24, 2.45) is 0 Å². The quantitative estimate of drug-likeness (QED) is 0.877. The summed E-state index contributed by atoms with van der Waals surface area (Å²) in [6.45, 7) is 2.17. The van der Waals surface area contributed by atoms with Gasteiger partial charge in [-0.2, -0.15) is 5.26 Å². The molecule has 1 aromatic rings. The lowest BCUT2D eigenvalue weighted by Gasteiger charge is -2.33. The van der Waals surface area contributed by atoms with Crippen LogP contribution in [0.2, 0.25) is 0 Å². The molecule has 2 rings (SSSR count). The lowest BCUT2D eigenvalue weighted by molar-refractivity contribution is -0.122. The maximum atomic E-state index is 11.6. The van der Waals surface area contributed by atoms with Crippen molar-refractivity contribution in [3.05, 3.63) is 23.9 Å². The monoisotopic (exact) mass is 288 g/mol. The van der Waals surface area contributed by atoms with Crippen LogP contribution in [0.25, 0.3) is 0 Å². The molecule has 0 radical (unpaired) electrons. The summed E-state index contributed by atoms with van der Waals surface area (Å²) < 4.78 is 4.90. The third-order valence-corrected chi connectivity index (χ3v) is 3.59. The van der Waals surface area contributed by atoms with E-state index < -0.39 is 0 Å². The number of amides is 1. The zero-order chi connectivity index (χ0) is 15.1. The summed E-state index contributed by atoms with van der Waals surface area (Å²) in [5.74, 6) is 0.935. The first-order valence-corrected chi connectivity index (χ1v) is 7.12. The molecule has 0 aromatic carbocycles. The fourth-order valence-electron chi connectivity index (χ4n) is 2.39. The predicted octanol–water partition coefficient (Wildman–Crippen LogP) is 1.07. The van der Waals surface area contributed by atoms with Crippen LogP contribution in [0.15, 0.2) is 18.3 Å². The Hall–Kier alpha value is -2.13. The van der Waals surface area contributed by atoms with Crippen LogP contribution in [0.4, 0.5) is 5.82 Å². The Labute approximate surface area is 124 Å². The average Bonchev–Trinajstić information content (AvgIpc) is 2.54. The van der Waals surface area contributed by atoms with E-state index in [-0.39, 0.29) is 11.9 Å². The average molecular weight is 288 g/mol. The fourth-order valence-corrected chi connectivity index (χ4v) is 2.39. The molecule has 1 fully saturated rings. The number of methoxy groups -OCH3 is 1. The van der Waals surface area contributed by atoms with E-state index >= 15 is 0 Å². The molecule has 1 aromatic heterocycles. The molecule has 2 heterocycles. The molecule has 0 bridgehead atoms. The minimum absolute atomic E-state index is 0.0480. The maximum Gasteiger partial charge on any atom is 0.222 e. The van der Waals surface area contributed by atoms with E-state index in [1.54, 1.807) is 19.4 Å². The number of aromatic nitrogens is 1. The summed E-state index contributed by atoms with van der Waals surface area (Å²) >= 11 is 0. The number of nitriles is 1. The minimum Gasteiger partial charge on any atom is -0.384 e. The van der Waals surface area contributed by atoms with E-state index in [1.807, 2.05) is 6.07 Å². The van der Waals surface area contributed by atoms with E-state index in [0.717, 1.165) is 31.7 Å². The third kappa shape index (κ3) is 4.43. The first-order valence-electron chi connectivity index (χ1n) is 7.12. The van der Waals surface area contributed by atoms with Crippen molar-refractivity contribution in [2.75, 3.05) is 31.7 Å². The number of anilines is 1. The smallest absolute Gasteiger partial charge is 0.222 e. The van der Waals surface area contributed by atoms with Crippen molar-refractivity contribution in [3.63, 3.8) is 0 Å². The van der Waals surface area contributed by atoms with Gasteiger partial charge in [-0.05, 0) is 25.0 Å². The molecule has 0 spiro atoms. The molecule has 0 unspecified atom stereocenters. The van der Waals surface area contributed by atoms with Gasteiger partial charge in [0.25, 0.3) is 0 Å². The number of hydrogen-bond donors (Lipinski definition) is 1. The van der Waals surface area contributed by atoms with Gasteiger partial charge in [0.2, 0.25) is 5.91 Å². The van der Waals surface area contributed by atoms with Crippen molar-refractivity contribution in [1.29, 1.82) is 5.26 Å². The van der Waals surface area contributed by atoms with Crippen molar-refractivity contribution in [2.45, 2.75) is 25.3 Å². The van der Waals surface area contributed by atoms with Gasteiger partial charge in [-0.3, -0.25) is 4.79 Å². The molecule has 6 nitrogen and oxygen atoms in total. The molecule has 1 aliphatic rings. The largest absolute Gasteiger partial charge is 0.384 e. The molecule has 21 heavy (non-hydrogen) atoms. The molecule has 0 aliphatic carbocycles. The molecule has 6 heteroatoms. The van der Waals surface area contributed by atoms with Crippen LogP contribution in [0.5, 0.6) is 0 Å². The summed E-state index contributed by atoms with van der Waals surface area (Å²) in [6.07, 6.45) is 3.81. The predicted molar refractivity (Wildman–Crippen MR) is 78.8 cm³/mol. The second kappa shape index (κ2) is 7.60. The number of carbonyl (C=O) groups excluding carboxylic acids is 1. The van der Waals surface area contributed by atoms with Crippen LogP contribution in [0.1, 0.15) is 24.8 Å². The normalized spacial score (nSPS) is 15.5. The van der Waals surface area contributed by atoms with Crippen LogP contribution in [0.3, 0.4) is 0 Å². The third-order valence-electron chi connectivity index (χ3n) is 3.59. The highest BCUT2D eigenvalue weighted by Crippen LogP contribution is 2.18. The number of piperidine rings is 1. The lowest BCUT2D eigenvalue weighted by Crippen LogP contribution is -2.45. The highest BCUT2D eigenvalue weighted by molar-refractivity contribution is 5.76. The lowest BCUT2D eigenvalue weighted by atomic mass is 10.0. The van der Waals surface area contributed by atoms with Gasteiger partial charge in [0, 0.05) is 38.9 Å². The van der Waals surface area contributed by atoms with Crippen molar-refractivity contribution in [1.82, 2.24) is 10.3 Å². The first-order chi connectivity index (χ1) is 10.2. The van der Waals surface area contributed by atoms with Crippen LogP contribution >= 0.6 is 0 Å². The number of ether oxygens (including phenoxy) is 1.